The molecule has 19 heavy (non-hydrogen) atoms. The van der Waals surface area contributed by atoms with Crippen molar-refractivity contribution in [2.45, 2.75) is 58.8 Å². The van der Waals surface area contributed by atoms with Crippen molar-refractivity contribution in [2.24, 2.45) is 5.92 Å². The monoisotopic (exact) mass is 279 g/mol. The minimum atomic E-state index is 0.0227. The van der Waals surface area contributed by atoms with Crippen molar-refractivity contribution in [2.75, 3.05) is 0 Å². The second-order valence-corrected chi connectivity index (χ2v) is 5.96. The third-order valence-corrected chi connectivity index (χ3v) is 4.05. The van der Waals surface area contributed by atoms with Gasteiger partial charge in [-0.1, -0.05) is 57.8 Å². The van der Waals surface area contributed by atoms with Crippen LogP contribution < -0.4 is 0 Å². The number of hydrogen-bond donors (Lipinski definition) is 1. The minimum Gasteiger partial charge on any atom is -0.309 e. The molecule has 1 aromatic carbocycles. The van der Waals surface area contributed by atoms with Gasteiger partial charge in [-0.3, -0.25) is 0 Å². The van der Waals surface area contributed by atoms with Crippen molar-refractivity contribution < 1.29 is 0 Å². The third-order valence-electron chi connectivity index (χ3n) is 3.79. The van der Waals surface area contributed by atoms with Crippen LogP contribution in [0.5, 0.6) is 0 Å². The van der Waals surface area contributed by atoms with Gasteiger partial charge in [-0.15, -0.1) is 0 Å². The Morgan fingerprint density at radius 1 is 1.21 bits per heavy atom. The summed E-state index contributed by atoms with van der Waals surface area (Å²) in [5.74, 6) is 0.562. The second-order valence-electron chi connectivity index (χ2n) is 5.52. The molecule has 2 heteroatoms. The van der Waals surface area contributed by atoms with Crippen LogP contribution in [0.1, 0.15) is 58.9 Å². The van der Waals surface area contributed by atoms with Crippen LogP contribution in [0, 0.1) is 11.3 Å². The van der Waals surface area contributed by atoms with Crippen molar-refractivity contribution in [3.8, 4) is 0 Å². The molecule has 0 heterocycles. The third kappa shape index (κ3) is 3.60. The van der Waals surface area contributed by atoms with Gasteiger partial charge in [0.2, 0.25) is 0 Å². The molecule has 1 aliphatic carbocycles. The van der Waals surface area contributed by atoms with Crippen LogP contribution in [-0.4, -0.2) is 5.71 Å². The van der Waals surface area contributed by atoms with E-state index in [0.29, 0.717) is 5.92 Å². The molecule has 0 spiro atoms. The minimum absolute atomic E-state index is 0.0227. The molecule has 1 fully saturated rings. The van der Waals surface area contributed by atoms with Gasteiger partial charge in [0, 0.05) is 16.1 Å². The first-order valence-corrected chi connectivity index (χ1v) is 7.76. The molecule has 0 aromatic heterocycles. The molecule has 1 N–H and O–H groups in total. The van der Waals surface area contributed by atoms with Crippen molar-refractivity contribution in [1.29, 1.82) is 5.41 Å². The van der Waals surface area contributed by atoms with Crippen molar-refractivity contribution in [1.82, 2.24) is 0 Å². The van der Waals surface area contributed by atoms with E-state index in [-0.39, 0.29) is 5.41 Å². The number of rotatable bonds is 4. The smallest absolute Gasteiger partial charge is 0.0406 e. The number of benzene rings is 1. The van der Waals surface area contributed by atoms with E-state index in [4.69, 9.17) is 17.0 Å². The van der Waals surface area contributed by atoms with E-state index < -0.39 is 0 Å². The molecule has 0 aliphatic heterocycles. The van der Waals surface area contributed by atoms with Crippen LogP contribution in [-0.2, 0) is 5.41 Å². The highest BCUT2D eigenvalue weighted by Crippen LogP contribution is 2.46. The molecule has 0 amide bonds. The fraction of sp³-hybridized carbons (Fsp3) is 0.588. The van der Waals surface area contributed by atoms with Gasteiger partial charge in [0.05, 0.1) is 0 Å². The summed E-state index contributed by atoms with van der Waals surface area (Å²) in [7, 11) is 0. The molecule has 0 atom stereocenters. The maximum absolute atomic E-state index is 8.38. The SMILES string of the molecule is CC.CC(C)CC(=N)C1(c2ccc(Cl)cc2)CCC1. The quantitative estimate of drug-likeness (QED) is 0.668. The summed E-state index contributed by atoms with van der Waals surface area (Å²) >= 11 is 5.93. The van der Waals surface area contributed by atoms with E-state index in [1.54, 1.807) is 0 Å². The predicted octanol–water partition coefficient (Wildman–Crippen LogP) is 5.85. The molecule has 1 saturated carbocycles. The highest BCUT2D eigenvalue weighted by Gasteiger charge is 2.42. The van der Waals surface area contributed by atoms with Gasteiger partial charge in [-0.2, -0.15) is 0 Å². The summed E-state index contributed by atoms with van der Waals surface area (Å²) in [6.45, 7) is 8.37. The molecule has 0 saturated heterocycles. The van der Waals surface area contributed by atoms with Crippen molar-refractivity contribution in [3.63, 3.8) is 0 Å². The summed E-state index contributed by atoms with van der Waals surface area (Å²) in [6, 6.07) is 8.08. The van der Waals surface area contributed by atoms with Gasteiger partial charge in [-0.05, 0) is 42.9 Å². The van der Waals surface area contributed by atoms with E-state index in [0.717, 1.165) is 30.0 Å². The molecule has 0 bridgehead atoms. The van der Waals surface area contributed by atoms with Crippen LogP contribution in [0.4, 0.5) is 0 Å². The van der Waals surface area contributed by atoms with Crippen molar-refractivity contribution >= 4 is 17.3 Å². The Kier molecular flexibility index (Phi) is 6.06. The van der Waals surface area contributed by atoms with E-state index in [9.17, 15) is 0 Å². The number of nitrogens with one attached hydrogen (secondary N) is 1. The zero-order valence-corrected chi connectivity index (χ0v) is 13.3. The lowest BCUT2D eigenvalue weighted by Crippen LogP contribution is -2.42. The Hall–Kier alpha value is -0.820. The van der Waals surface area contributed by atoms with Crippen LogP contribution in [0.15, 0.2) is 24.3 Å². The topological polar surface area (TPSA) is 23.9 Å². The zero-order chi connectivity index (χ0) is 14.5. The molecule has 0 radical (unpaired) electrons. The highest BCUT2D eigenvalue weighted by molar-refractivity contribution is 6.30. The summed E-state index contributed by atoms with van der Waals surface area (Å²) < 4.78 is 0. The van der Waals surface area contributed by atoms with E-state index in [1.807, 2.05) is 26.0 Å². The summed E-state index contributed by atoms with van der Waals surface area (Å²) in [5.41, 5.74) is 2.20. The van der Waals surface area contributed by atoms with Gasteiger partial charge >= 0.3 is 0 Å². The molecule has 1 aromatic rings. The fourth-order valence-electron chi connectivity index (χ4n) is 2.67. The lowest BCUT2D eigenvalue weighted by molar-refractivity contribution is 0.331. The lowest BCUT2D eigenvalue weighted by atomic mass is 9.60. The Bertz CT molecular complexity index is 402. The summed E-state index contributed by atoms with van der Waals surface area (Å²) in [5, 5.41) is 9.16. The summed E-state index contributed by atoms with van der Waals surface area (Å²) in [6.07, 6.45) is 4.39. The van der Waals surface area contributed by atoms with Gasteiger partial charge < -0.3 is 5.41 Å². The number of hydrogen-bond acceptors (Lipinski definition) is 1. The van der Waals surface area contributed by atoms with Crippen molar-refractivity contribution in [3.05, 3.63) is 34.9 Å². The van der Waals surface area contributed by atoms with Gasteiger partial charge in [0.15, 0.2) is 0 Å². The highest BCUT2D eigenvalue weighted by atomic mass is 35.5. The second kappa shape index (κ2) is 7.09. The first-order chi connectivity index (χ1) is 9.04. The molecular formula is C17H26ClN. The molecule has 106 valence electrons. The molecular weight excluding hydrogens is 254 g/mol. The Labute approximate surface area is 122 Å². The number of halogens is 1. The van der Waals surface area contributed by atoms with E-state index in [2.05, 4.69) is 26.0 Å². The summed E-state index contributed by atoms with van der Waals surface area (Å²) in [4.78, 5) is 0. The molecule has 1 nitrogen and oxygen atoms in total. The Morgan fingerprint density at radius 2 is 1.74 bits per heavy atom. The zero-order valence-electron chi connectivity index (χ0n) is 12.6. The van der Waals surface area contributed by atoms with E-state index in [1.165, 1.54) is 12.0 Å². The first kappa shape index (κ1) is 16.2. The Morgan fingerprint density at radius 3 is 2.11 bits per heavy atom. The molecule has 2 rings (SSSR count). The Balaban J connectivity index is 0.000000861. The maximum Gasteiger partial charge on any atom is 0.0406 e. The van der Waals surface area contributed by atoms with Crippen LogP contribution in [0.25, 0.3) is 0 Å². The first-order valence-electron chi connectivity index (χ1n) is 7.38. The maximum atomic E-state index is 8.38. The van der Waals surface area contributed by atoms with Crippen LogP contribution >= 0.6 is 11.6 Å². The van der Waals surface area contributed by atoms with Crippen LogP contribution in [0.3, 0.4) is 0 Å². The average molecular weight is 280 g/mol. The average Bonchev–Trinajstić information content (AvgIpc) is 2.32. The van der Waals surface area contributed by atoms with Crippen LogP contribution in [0.2, 0.25) is 5.02 Å². The fourth-order valence-corrected chi connectivity index (χ4v) is 2.79. The predicted molar refractivity (Wildman–Crippen MR) is 85.5 cm³/mol. The standard InChI is InChI=1S/C15H20ClN.C2H6/c1-11(2)10-14(17)15(8-3-9-15)12-4-6-13(16)7-5-12;1-2/h4-7,11,17H,3,8-10H2,1-2H3;1-2H3. The normalized spacial score (nSPS) is 16.3. The largest absolute Gasteiger partial charge is 0.309 e. The van der Waals surface area contributed by atoms with Gasteiger partial charge in [-0.25, -0.2) is 0 Å². The van der Waals surface area contributed by atoms with Gasteiger partial charge in [0.1, 0.15) is 0 Å². The van der Waals surface area contributed by atoms with Gasteiger partial charge in [0.25, 0.3) is 0 Å². The lowest BCUT2D eigenvalue weighted by Gasteiger charge is -2.43. The molecule has 1 aliphatic rings. The molecule has 0 unspecified atom stereocenters. The van der Waals surface area contributed by atoms with E-state index >= 15 is 0 Å².